The van der Waals surface area contributed by atoms with E-state index in [2.05, 4.69) is 103 Å². The molecule has 0 spiro atoms. The first-order valence-corrected chi connectivity index (χ1v) is 13.0. The molecule has 1 radical (unpaired) electrons. The van der Waals surface area contributed by atoms with Gasteiger partial charge in [-0.2, -0.15) is 35.4 Å². The number of fused-ring (bicyclic) bond motifs is 3. The molecule has 0 bridgehead atoms. The summed E-state index contributed by atoms with van der Waals surface area (Å²) >= 11 is 0. The first-order valence-electron chi connectivity index (χ1n) is 10.7. The van der Waals surface area contributed by atoms with Gasteiger partial charge in [-0.3, -0.25) is 6.08 Å². The molecule has 32 heavy (non-hydrogen) atoms. The van der Waals surface area contributed by atoms with Crippen molar-refractivity contribution in [2.24, 2.45) is 0 Å². The van der Waals surface area contributed by atoms with Gasteiger partial charge < -0.3 is 24.8 Å². The van der Waals surface area contributed by atoms with Crippen molar-refractivity contribution >= 4 is 9.52 Å². The standard InChI is InChI=1S/C21H25.C5H5.C2H7Si.2ClH.Zr/c1-20(2,3)15-11-10-14-12-18-16(17(14)13-15)8-7-9-19(18)21(4,5)6;1-2-4-5-3-1;1-3-2;;;/h7-9,11,13H,12H2,1-6H3;1-3H,4H2;3H,1-2H3;2*1H;/q2*-1;;;;+4/p-2. The van der Waals surface area contributed by atoms with Crippen LogP contribution >= 0.6 is 0 Å². The molecule has 2 aliphatic rings. The molecule has 0 nitrogen and oxygen atoms in total. The van der Waals surface area contributed by atoms with Gasteiger partial charge in [0, 0.05) is 9.52 Å². The van der Waals surface area contributed by atoms with Crippen LogP contribution < -0.4 is 24.8 Å². The van der Waals surface area contributed by atoms with Gasteiger partial charge in [-0.25, -0.2) is 12.2 Å². The Hall–Kier alpha value is -0.400. The van der Waals surface area contributed by atoms with Crippen LogP contribution in [0.15, 0.2) is 48.6 Å². The van der Waals surface area contributed by atoms with E-state index in [1.165, 1.54) is 33.4 Å². The Balaban J connectivity index is 0. The van der Waals surface area contributed by atoms with Gasteiger partial charge in [-0.05, 0) is 23.0 Å². The van der Waals surface area contributed by atoms with Gasteiger partial charge in [0.1, 0.15) is 0 Å². The summed E-state index contributed by atoms with van der Waals surface area (Å²) in [4.78, 5) is 0. The van der Waals surface area contributed by atoms with Crippen LogP contribution in [0.2, 0.25) is 13.1 Å². The molecule has 0 unspecified atom stereocenters. The van der Waals surface area contributed by atoms with Crippen molar-refractivity contribution in [1.82, 2.24) is 0 Å². The summed E-state index contributed by atoms with van der Waals surface area (Å²) in [6.45, 7) is 18.1. The van der Waals surface area contributed by atoms with Crippen LogP contribution in [0, 0.1) is 12.1 Å². The third-order valence-corrected chi connectivity index (χ3v) is 5.11. The van der Waals surface area contributed by atoms with Crippen molar-refractivity contribution in [2.75, 3.05) is 0 Å². The van der Waals surface area contributed by atoms with Crippen molar-refractivity contribution in [3.05, 3.63) is 83.0 Å². The summed E-state index contributed by atoms with van der Waals surface area (Å²) in [5.41, 5.74) is 8.88. The van der Waals surface area contributed by atoms with E-state index in [0.29, 0.717) is 0 Å². The fourth-order valence-electron chi connectivity index (χ4n) is 3.60. The van der Waals surface area contributed by atoms with Crippen LogP contribution in [0.4, 0.5) is 0 Å². The van der Waals surface area contributed by atoms with Gasteiger partial charge in [0.15, 0.2) is 0 Å². The molecule has 0 saturated carbocycles. The van der Waals surface area contributed by atoms with E-state index in [1.54, 1.807) is 0 Å². The summed E-state index contributed by atoms with van der Waals surface area (Å²) < 4.78 is 0. The molecule has 0 aliphatic heterocycles. The summed E-state index contributed by atoms with van der Waals surface area (Å²) in [6, 6.07) is 14.9. The van der Waals surface area contributed by atoms with Crippen LogP contribution in [0.5, 0.6) is 0 Å². The van der Waals surface area contributed by atoms with E-state index in [-0.39, 0.29) is 61.8 Å². The minimum atomic E-state index is 0. The van der Waals surface area contributed by atoms with Crippen molar-refractivity contribution in [1.29, 1.82) is 0 Å². The monoisotopic (exact) mass is 561 g/mol. The minimum absolute atomic E-state index is 0. The molecule has 0 N–H and O–H groups in total. The summed E-state index contributed by atoms with van der Waals surface area (Å²) in [5.74, 6) is 0. The average molecular weight is 564 g/mol. The van der Waals surface area contributed by atoms with Crippen LogP contribution in [-0.2, 0) is 43.5 Å². The zero-order valence-corrected chi connectivity index (χ0v) is 26.0. The van der Waals surface area contributed by atoms with Crippen molar-refractivity contribution in [3.63, 3.8) is 0 Å². The number of rotatable bonds is 0. The third kappa shape index (κ3) is 9.09. The number of hydrogen-bond donors (Lipinski definition) is 0. The predicted molar refractivity (Wildman–Crippen MR) is 131 cm³/mol. The van der Waals surface area contributed by atoms with E-state index < -0.39 is 0 Å². The molecule has 0 saturated heterocycles. The molecule has 0 heterocycles. The molecule has 171 valence electrons. The second-order valence-electron chi connectivity index (χ2n) is 9.87. The molecule has 2 aromatic carbocycles. The van der Waals surface area contributed by atoms with Crippen molar-refractivity contribution in [2.45, 2.75) is 78.3 Å². The molecule has 0 fully saturated rings. The molecular formula is C28H37Cl2SiZr. The topological polar surface area (TPSA) is 0 Å². The molecule has 4 rings (SSSR count). The first kappa shape index (κ1) is 33.8. The van der Waals surface area contributed by atoms with Gasteiger partial charge >= 0.3 is 26.2 Å². The SMILES string of the molecule is CC(C)(C)c1c[c-]c2c(c1)-c1cccc(C(C)(C)C)c1C2.C[SiH]C.[C-]1=CC=CC1.[Cl-].[Cl-].[Zr+4]. The maximum Gasteiger partial charge on any atom is 4.00 e. The van der Waals surface area contributed by atoms with Crippen LogP contribution in [-0.4, -0.2) is 9.52 Å². The van der Waals surface area contributed by atoms with E-state index in [9.17, 15) is 0 Å². The fourth-order valence-corrected chi connectivity index (χ4v) is 3.60. The predicted octanol–water partition coefficient (Wildman–Crippen LogP) is 1.48. The zero-order chi connectivity index (χ0) is 21.7. The van der Waals surface area contributed by atoms with E-state index in [4.69, 9.17) is 0 Å². The molecule has 0 amide bonds. The average Bonchev–Trinajstić information content (AvgIpc) is 3.31. The normalized spacial score (nSPS) is 12.5. The molecular weight excluding hydrogens is 527 g/mol. The van der Waals surface area contributed by atoms with Gasteiger partial charge in [-0.15, -0.1) is 12.0 Å². The summed E-state index contributed by atoms with van der Waals surface area (Å²) in [7, 11) is 0.750. The smallest absolute Gasteiger partial charge is 1.00 e. The Bertz CT molecular complexity index is 877. The molecule has 0 atom stereocenters. The Labute approximate surface area is 231 Å². The molecule has 2 aromatic rings. The second kappa shape index (κ2) is 14.8. The summed E-state index contributed by atoms with van der Waals surface area (Å²) in [6.07, 6.45) is 11.0. The Morgan fingerprint density at radius 1 is 0.906 bits per heavy atom. The Kier molecular flexibility index (Phi) is 15.6. The number of hydrogen-bond acceptors (Lipinski definition) is 0. The second-order valence-corrected chi connectivity index (χ2v) is 11.0. The van der Waals surface area contributed by atoms with Crippen LogP contribution in [0.25, 0.3) is 11.1 Å². The largest absolute Gasteiger partial charge is 4.00 e. The van der Waals surface area contributed by atoms with Gasteiger partial charge in [0.05, 0.1) is 0 Å². The Morgan fingerprint density at radius 3 is 1.97 bits per heavy atom. The van der Waals surface area contributed by atoms with E-state index in [1.807, 2.05) is 12.2 Å². The van der Waals surface area contributed by atoms with Crippen LogP contribution in [0.3, 0.4) is 0 Å². The minimum Gasteiger partial charge on any atom is -1.00 e. The number of halogens is 2. The number of benzene rings is 2. The molecule has 0 aromatic heterocycles. The first-order chi connectivity index (χ1) is 13.6. The van der Waals surface area contributed by atoms with Gasteiger partial charge in [-0.1, -0.05) is 83.8 Å². The maximum atomic E-state index is 3.55. The Morgan fingerprint density at radius 2 is 1.53 bits per heavy atom. The fraction of sp³-hybridized carbons (Fsp3) is 0.429. The summed E-state index contributed by atoms with van der Waals surface area (Å²) in [5, 5.41) is 0. The maximum absolute atomic E-state index is 3.55. The van der Waals surface area contributed by atoms with Gasteiger partial charge in [0.25, 0.3) is 0 Å². The van der Waals surface area contributed by atoms with Crippen LogP contribution in [0.1, 0.15) is 70.2 Å². The van der Waals surface area contributed by atoms with Gasteiger partial charge in [0.2, 0.25) is 0 Å². The molecule has 4 heteroatoms. The van der Waals surface area contributed by atoms with Crippen molar-refractivity contribution < 1.29 is 51.0 Å². The third-order valence-electron chi connectivity index (χ3n) is 5.11. The quantitative estimate of drug-likeness (QED) is 0.287. The zero-order valence-electron chi connectivity index (χ0n) is 20.9. The van der Waals surface area contributed by atoms with E-state index >= 15 is 0 Å². The van der Waals surface area contributed by atoms with E-state index in [0.717, 1.165) is 22.4 Å². The van der Waals surface area contributed by atoms with Crippen molar-refractivity contribution in [3.8, 4) is 11.1 Å². The molecule has 2 aliphatic carbocycles. The number of allylic oxidation sites excluding steroid dienone is 4.